The Morgan fingerprint density at radius 2 is 2.22 bits per heavy atom. The van der Waals surface area contributed by atoms with Gasteiger partial charge in [0.25, 0.3) is 0 Å². The van der Waals surface area contributed by atoms with Gasteiger partial charge < -0.3 is 10.5 Å². The van der Waals surface area contributed by atoms with E-state index >= 15 is 0 Å². The summed E-state index contributed by atoms with van der Waals surface area (Å²) in [7, 11) is 0. The molecule has 2 fully saturated rings. The molecular weight excluding hydrogens is 310 g/mol. The minimum Gasteiger partial charge on any atom is -0.398 e. The predicted molar refractivity (Wildman–Crippen MR) is 80.0 cm³/mol. The van der Waals surface area contributed by atoms with Crippen molar-refractivity contribution < 1.29 is 4.74 Å². The molecule has 1 unspecified atom stereocenters. The van der Waals surface area contributed by atoms with Gasteiger partial charge in [0, 0.05) is 26.9 Å². The van der Waals surface area contributed by atoms with E-state index in [4.69, 9.17) is 10.5 Å². The Kier molecular flexibility index (Phi) is 3.61. The zero-order valence-electron chi connectivity index (χ0n) is 10.3. The van der Waals surface area contributed by atoms with Gasteiger partial charge in [0.2, 0.25) is 0 Å². The fourth-order valence-electron chi connectivity index (χ4n) is 2.79. The van der Waals surface area contributed by atoms with Crippen LogP contribution in [-0.2, 0) is 4.74 Å². The van der Waals surface area contributed by atoms with Gasteiger partial charge in [-0.05, 0) is 50.3 Å². The van der Waals surface area contributed by atoms with Crippen LogP contribution in [0.25, 0.3) is 0 Å². The molecule has 4 heteroatoms. The van der Waals surface area contributed by atoms with Crippen LogP contribution < -0.4 is 5.73 Å². The maximum Gasteiger partial charge on any atom is 0.0693 e. The molecule has 2 N–H and O–H groups in total. The molecule has 1 saturated heterocycles. The Morgan fingerprint density at radius 1 is 1.39 bits per heavy atom. The lowest BCUT2D eigenvalue weighted by Crippen LogP contribution is -2.46. The van der Waals surface area contributed by atoms with Crippen LogP contribution >= 0.6 is 27.7 Å². The Hall–Kier alpha value is -0.190. The first-order chi connectivity index (χ1) is 8.67. The van der Waals surface area contributed by atoms with Gasteiger partial charge in [0.05, 0.1) is 5.60 Å². The Morgan fingerprint density at radius 3 is 2.94 bits per heavy atom. The van der Waals surface area contributed by atoms with E-state index in [0.717, 1.165) is 23.2 Å². The molecule has 2 nitrogen and oxygen atoms in total. The molecular formula is C14H18BrNOS. The number of halogens is 1. The third-order valence-corrected chi connectivity index (χ3v) is 5.82. The summed E-state index contributed by atoms with van der Waals surface area (Å²) in [6.45, 7) is 0.908. The van der Waals surface area contributed by atoms with Crippen molar-refractivity contribution in [3.63, 3.8) is 0 Å². The smallest absolute Gasteiger partial charge is 0.0693 e. The Bertz CT molecular complexity index is 447. The van der Waals surface area contributed by atoms with Gasteiger partial charge in [-0.3, -0.25) is 0 Å². The third-order valence-electron chi connectivity index (χ3n) is 3.98. The number of anilines is 1. The summed E-state index contributed by atoms with van der Waals surface area (Å²) in [5, 5.41) is 0.649. The Balaban J connectivity index is 1.70. The molecule has 98 valence electrons. The molecule has 2 aliphatic rings. The Labute approximate surface area is 121 Å². The molecule has 1 aromatic rings. The van der Waals surface area contributed by atoms with E-state index in [0.29, 0.717) is 5.25 Å². The summed E-state index contributed by atoms with van der Waals surface area (Å²) in [5.41, 5.74) is 7.15. The molecule has 0 amide bonds. The second-order valence-corrected chi connectivity index (χ2v) is 7.56. The van der Waals surface area contributed by atoms with Crippen LogP contribution in [0.2, 0.25) is 0 Å². The molecule has 1 saturated carbocycles. The van der Waals surface area contributed by atoms with Crippen LogP contribution in [0.3, 0.4) is 0 Å². The highest BCUT2D eigenvalue weighted by Crippen LogP contribution is 2.47. The van der Waals surface area contributed by atoms with E-state index in [-0.39, 0.29) is 5.60 Å². The van der Waals surface area contributed by atoms with Crippen molar-refractivity contribution >= 4 is 33.4 Å². The van der Waals surface area contributed by atoms with E-state index in [2.05, 4.69) is 22.0 Å². The molecule has 1 aliphatic heterocycles. The lowest BCUT2D eigenvalue weighted by atomic mass is 9.75. The minimum absolute atomic E-state index is 0.219. The van der Waals surface area contributed by atoms with Gasteiger partial charge in [-0.15, -0.1) is 11.8 Å². The lowest BCUT2D eigenvalue weighted by molar-refractivity contribution is -0.125. The fourth-order valence-corrected chi connectivity index (χ4v) is 4.66. The second kappa shape index (κ2) is 5.06. The van der Waals surface area contributed by atoms with Crippen LogP contribution in [0.5, 0.6) is 0 Å². The first kappa shape index (κ1) is 12.8. The number of hydrogen-bond donors (Lipinski definition) is 1. The van der Waals surface area contributed by atoms with Gasteiger partial charge in [0.15, 0.2) is 0 Å². The van der Waals surface area contributed by atoms with Crippen LogP contribution in [0.4, 0.5) is 5.69 Å². The number of rotatable bonds is 2. The topological polar surface area (TPSA) is 35.2 Å². The molecule has 1 aliphatic carbocycles. The first-order valence-electron chi connectivity index (χ1n) is 6.53. The summed E-state index contributed by atoms with van der Waals surface area (Å²) in [4.78, 5) is 1.20. The van der Waals surface area contributed by atoms with Crippen molar-refractivity contribution in [2.45, 2.75) is 47.9 Å². The summed E-state index contributed by atoms with van der Waals surface area (Å²) in [6, 6.07) is 6.10. The van der Waals surface area contributed by atoms with Crippen molar-refractivity contribution in [1.82, 2.24) is 0 Å². The van der Waals surface area contributed by atoms with E-state index in [1.54, 1.807) is 0 Å². The molecule has 0 bridgehead atoms. The zero-order valence-corrected chi connectivity index (χ0v) is 12.7. The monoisotopic (exact) mass is 327 g/mol. The highest BCUT2D eigenvalue weighted by atomic mass is 79.9. The SMILES string of the molecule is Nc1ccc(Br)cc1SC1CCOC2(CCC2)C1. The largest absolute Gasteiger partial charge is 0.398 e. The first-order valence-corrected chi connectivity index (χ1v) is 8.20. The van der Waals surface area contributed by atoms with Crippen molar-refractivity contribution in [1.29, 1.82) is 0 Å². The molecule has 1 heterocycles. The summed E-state index contributed by atoms with van der Waals surface area (Å²) in [6.07, 6.45) is 6.15. The predicted octanol–water partition coefficient (Wildman–Crippen LogP) is 4.23. The molecule has 18 heavy (non-hydrogen) atoms. The molecule has 1 spiro atoms. The van der Waals surface area contributed by atoms with E-state index < -0.39 is 0 Å². The van der Waals surface area contributed by atoms with Crippen LogP contribution in [0.1, 0.15) is 32.1 Å². The fraction of sp³-hybridized carbons (Fsp3) is 0.571. The van der Waals surface area contributed by atoms with Crippen LogP contribution in [0, 0.1) is 0 Å². The van der Waals surface area contributed by atoms with Gasteiger partial charge in [-0.2, -0.15) is 0 Å². The summed E-state index contributed by atoms with van der Waals surface area (Å²) >= 11 is 5.44. The minimum atomic E-state index is 0.219. The summed E-state index contributed by atoms with van der Waals surface area (Å²) in [5.74, 6) is 0. The maximum atomic E-state index is 6.05. The van der Waals surface area contributed by atoms with Gasteiger partial charge in [-0.25, -0.2) is 0 Å². The van der Waals surface area contributed by atoms with Gasteiger partial charge in [-0.1, -0.05) is 15.9 Å². The highest BCUT2D eigenvalue weighted by Gasteiger charge is 2.42. The molecule has 1 aromatic carbocycles. The zero-order chi connectivity index (χ0) is 12.6. The van der Waals surface area contributed by atoms with Crippen molar-refractivity contribution in [3.05, 3.63) is 22.7 Å². The van der Waals surface area contributed by atoms with Crippen LogP contribution in [-0.4, -0.2) is 17.5 Å². The molecule has 3 rings (SSSR count). The van der Waals surface area contributed by atoms with Crippen molar-refractivity contribution in [2.24, 2.45) is 0 Å². The average Bonchev–Trinajstić information content (AvgIpc) is 2.32. The number of nitrogen functional groups attached to an aromatic ring is 1. The molecule has 0 radical (unpaired) electrons. The van der Waals surface area contributed by atoms with Crippen LogP contribution in [0.15, 0.2) is 27.6 Å². The number of nitrogens with two attached hydrogens (primary N) is 1. The van der Waals surface area contributed by atoms with Gasteiger partial charge in [0.1, 0.15) is 0 Å². The standard InChI is InChI=1S/C14H18BrNOS/c15-10-2-3-12(16)13(8-10)18-11-4-7-17-14(9-11)5-1-6-14/h2-3,8,11H,1,4-7,9,16H2. The van der Waals surface area contributed by atoms with E-state index in [9.17, 15) is 0 Å². The average molecular weight is 328 g/mol. The number of ether oxygens (including phenoxy) is 1. The normalized spacial score (nSPS) is 25.9. The number of hydrogen-bond acceptors (Lipinski definition) is 3. The molecule has 0 aromatic heterocycles. The molecule has 1 atom stereocenters. The number of thioether (sulfide) groups is 1. The third kappa shape index (κ3) is 2.56. The maximum absolute atomic E-state index is 6.05. The second-order valence-electron chi connectivity index (χ2n) is 5.30. The van der Waals surface area contributed by atoms with E-state index in [1.807, 2.05) is 23.9 Å². The highest BCUT2D eigenvalue weighted by molar-refractivity contribution is 9.10. The van der Waals surface area contributed by atoms with Crippen molar-refractivity contribution in [2.75, 3.05) is 12.3 Å². The van der Waals surface area contributed by atoms with Gasteiger partial charge >= 0.3 is 0 Å². The number of benzene rings is 1. The lowest BCUT2D eigenvalue weighted by Gasteiger charge is -2.47. The van der Waals surface area contributed by atoms with E-state index in [1.165, 1.54) is 30.6 Å². The van der Waals surface area contributed by atoms with Crippen molar-refractivity contribution in [3.8, 4) is 0 Å². The summed E-state index contributed by atoms with van der Waals surface area (Å²) < 4.78 is 7.07. The quantitative estimate of drug-likeness (QED) is 0.826.